The number of hydrogen-bond donors (Lipinski definition) is 0. The highest BCUT2D eigenvalue weighted by atomic mass is 16.3. The maximum atomic E-state index is 9.16. The highest BCUT2D eigenvalue weighted by molar-refractivity contribution is 6.12. The number of nitrogens with zero attached hydrogens (tertiary/aromatic N) is 3. The van der Waals surface area contributed by atoms with Gasteiger partial charge in [0.25, 0.3) is 0 Å². The Morgan fingerprint density at radius 2 is 0.776 bits per heavy atom. The van der Waals surface area contributed by atoms with Crippen molar-refractivity contribution in [2.75, 3.05) is 0 Å². The van der Waals surface area contributed by atoms with Crippen molar-refractivity contribution in [2.45, 2.75) is 0 Å². The number of aromatic nitrogens is 3. The van der Waals surface area contributed by atoms with Gasteiger partial charge in [0, 0.05) is 27.5 Å². The lowest BCUT2D eigenvalue weighted by molar-refractivity contribution is 0.670. The van der Waals surface area contributed by atoms with E-state index >= 15 is 0 Å². The average molecular weight is 639 g/mol. The zero-order valence-electron chi connectivity index (χ0n) is 36.6. The Morgan fingerprint density at radius 3 is 1.35 bits per heavy atom. The summed E-state index contributed by atoms with van der Waals surface area (Å²) in [6, 6.07) is 28.2. The molecule has 7 aromatic carbocycles. The molecule has 230 valence electrons. The highest BCUT2D eigenvalue weighted by Gasteiger charge is 2.19. The minimum atomic E-state index is -0.681. The number of fused-ring (bicyclic) bond motifs is 3. The summed E-state index contributed by atoms with van der Waals surface area (Å²) in [6.45, 7) is 0. The van der Waals surface area contributed by atoms with Gasteiger partial charge >= 0.3 is 0 Å². The molecule has 0 radical (unpaired) electrons. The quantitative estimate of drug-likeness (QED) is 0.182. The predicted octanol–water partition coefficient (Wildman–Crippen LogP) is 11.8. The first-order valence-electron chi connectivity index (χ1n) is 21.0. The Labute approximate surface area is 299 Å². The molecule has 0 aliphatic carbocycles. The average Bonchev–Trinajstić information content (AvgIpc) is 3.68. The summed E-state index contributed by atoms with van der Waals surface area (Å²) in [5.41, 5.74) is 3.90. The van der Waals surface area contributed by atoms with E-state index in [1.165, 1.54) is 0 Å². The third kappa shape index (κ3) is 5.35. The summed E-state index contributed by atoms with van der Waals surface area (Å²) in [7, 11) is 0. The molecule has 9 aromatic rings. The molecule has 0 aliphatic heterocycles. The summed E-state index contributed by atoms with van der Waals surface area (Å²) in [5.74, 6) is 0.345. The molecule has 0 N–H and O–H groups in total. The lowest BCUT2D eigenvalue weighted by atomic mass is 9.99. The molecule has 0 aliphatic rings. The normalized spacial score (nSPS) is 14.4. The van der Waals surface area contributed by atoms with Gasteiger partial charge in [0.05, 0.1) is 20.6 Å². The van der Waals surface area contributed by atoms with Crippen LogP contribution in [0.25, 0.3) is 89.5 Å². The molecule has 4 heteroatoms. The molecule has 0 unspecified atom stereocenters. The zero-order valence-corrected chi connectivity index (χ0v) is 25.6. The molecular weight excluding hydrogens is 599 g/mol. The topological polar surface area (TPSA) is 51.8 Å². The van der Waals surface area contributed by atoms with Crippen molar-refractivity contribution in [1.29, 1.82) is 0 Å². The molecule has 0 atom stereocenters. The van der Waals surface area contributed by atoms with Crippen molar-refractivity contribution in [2.24, 2.45) is 0 Å². The van der Waals surface area contributed by atoms with Crippen LogP contribution in [0, 0.1) is 0 Å². The van der Waals surface area contributed by atoms with Crippen LogP contribution < -0.4 is 0 Å². The van der Waals surface area contributed by atoms with Crippen LogP contribution in [0.4, 0.5) is 0 Å². The van der Waals surface area contributed by atoms with Gasteiger partial charge in [-0.15, -0.1) is 0 Å². The molecule has 0 fully saturated rings. The Morgan fingerprint density at radius 1 is 0.347 bits per heavy atom. The molecule has 2 heterocycles. The van der Waals surface area contributed by atoms with Crippen LogP contribution in [0.1, 0.15) is 15.1 Å². The number of para-hydroxylation sites is 2. The highest BCUT2D eigenvalue weighted by Crippen LogP contribution is 2.39. The Kier molecular flexibility index (Phi) is 4.78. The fourth-order valence-corrected chi connectivity index (χ4v) is 5.79. The summed E-state index contributed by atoms with van der Waals surface area (Å²) in [4.78, 5) is 14.4. The maximum Gasteiger partial charge on any atom is 0.167 e. The van der Waals surface area contributed by atoms with Crippen LogP contribution in [-0.4, -0.2) is 15.0 Å². The van der Waals surface area contributed by atoms with Crippen LogP contribution in [0.5, 0.6) is 0 Å². The summed E-state index contributed by atoms with van der Waals surface area (Å²) in [6.07, 6.45) is 0. The third-order valence-corrected chi connectivity index (χ3v) is 8.22. The van der Waals surface area contributed by atoms with E-state index in [4.69, 9.17) is 34.4 Å². The van der Waals surface area contributed by atoms with Gasteiger partial charge < -0.3 is 4.42 Å². The third-order valence-electron chi connectivity index (χ3n) is 8.22. The molecule has 0 saturated heterocycles. The van der Waals surface area contributed by atoms with Gasteiger partial charge in [-0.05, 0) is 33.9 Å². The fourth-order valence-electron chi connectivity index (χ4n) is 5.79. The Balaban J connectivity index is 1.26. The summed E-state index contributed by atoms with van der Waals surface area (Å²) < 4.78 is 102. The number of furan rings is 1. The predicted molar refractivity (Wildman–Crippen MR) is 200 cm³/mol. The lowest BCUT2D eigenvalue weighted by Crippen LogP contribution is -2.00. The number of rotatable bonds is 6. The van der Waals surface area contributed by atoms with E-state index in [0.717, 1.165) is 22.3 Å². The van der Waals surface area contributed by atoms with E-state index in [1.54, 1.807) is 12.1 Å². The molecular formula is C45H29N3O. The second-order valence-electron chi connectivity index (χ2n) is 11.2. The van der Waals surface area contributed by atoms with Gasteiger partial charge in [-0.1, -0.05) is 170 Å². The van der Waals surface area contributed by atoms with Crippen molar-refractivity contribution in [1.82, 2.24) is 15.0 Å². The summed E-state index contributed by atoms with van der Waals surface area (Å²) in [5, 5.41) is -0.350. The zero-order chi connectivity index (χ0) is 42.1. The van der Waals surface area contributed by atoms with E-state index < -0.39 is 72.0 Å². The Bertz CT molecular complexity index is 3170. The minimum absolute atomic E-state index is 0.102. The second-order valence-corrected chi connectivity index (χ2v) is 11.2. The molecule has 0 amide bonds. The first kappa shape index (κ1) is 19.2. The van der Waals surface area contributed by atoms with E-state index in [2.05, 4.69) is 24.3 Å². The van der Waals surface area contributed by atoms with Crippen LogP contribution in [0.3, 0.4) is 0 Å². The van der Waals surface area contributed by atoms with E-state index in [1.807, 2.05) is 72.8 Å². The van der Waals surface area contributed by atoms with Gasteiger partial charge in [0.1, 0.15) is 11.2 Å². The van der Waals surface area contributed by atoms with Gasteiger partial charge in [-0.25, -0.2) is 15.0 Å². The first-order chi connectivity index (χ1) is 28.8. The monoisotopic (exact) mass is 638 g/mol. The number of hydrogen-bond acceptors (Lipinski definition) is 4. The van der Waals surface area contributed by atoms with E-state index in [9.17, 15) is 0 Å². The van der Waals surface area contributed by atoms with Crippen molar-refractivity contribution < 1.29 is 19.5 Å². The van der Waals surface area contributed by atoms with Crippen molar-refractivity contribution in [3.63, 3.8) is 0 Å². The molecule has 4 nitrogen and oxygen atoms in total. The van der Waals surface area contributed by atoms with E-state index in [0.29, 0.717) is 11.1 Å². The van der Waals surface area contributed by atoms with E-state index in [-0.39, 0.29) is 50.5 Å². The SMILES string of the molecule is [2H]c1c([2H])c([2H])c(-c2c([2H])c([2H])c([2H])c3c2oc2c(-c4nc(-c5ccccc5)nc(-c5ccc(-c6ccc(-c7ccccc7)cc6)cc5)n4)c([2H])c([2H])c([2H])c23)c([2H])c1[2H]. The van der Waals surface area contributed by atoms with Crippen LogP contribution in [0.15, 0.2) is 180 Å². The fraction of sp³-hybridized carbons (Fsp3) is 0. The van der Waals surface area contributed by atoms with Crippen LogP contribution in [-0.2, 0) is 0 Å². The van der Waals surface area contributed by atoms with Gasteiger partial charge in [-0.2, -0.15) is 0 Å². The van der Waals surface area contributed by atoms with Gasteiger partial charge in [0.2, 0.25) is 0 Å². The molecule has 0 spiro atoms. The van der Waals surface area contributed by atoms with Gasteiger partial charge in [0.15, 0.2) is 17.5 Å². The van der Waals surface area contributed by atoms with Crippen molar-refractivity contribution in [3.05, 3.63) is 176 Å². The molecule has 0 saturated carbocycles. The molecule has 0 bridgehead atoms. The maximum absolute atomic E-state index is 9.16. The van der Waals surface area contributed by atoms with Crippen molar-refractivity contribution in [3.8, 4) is 67.5 Å². The lowest BCUT2D eigenvalue weighted by Gasteiger charge is -2.10. The number of benzene rings is 7. The minimum Gasteiger partial charge on any atom is -0.455 e. The molecule has 49 heavy (non-hydrogen) atoms. The summed E-state index contributed by atoms with van der Waals surface area (Å²) >= 11 is 0. The standard InChI is InChI=1S/C45H29N3O/c1-4-12-30(13-5-1)31-22-24-32(25-23-31)33-26-28-36(29-27-33)44-46-43(35-16-8-3-9-17-35)47-45(48-44)40-21-11-20-39-38-19-10-18-37(41(38)49-42(39)40)34-14-6-2-7-15-34/h1-29H/i2D,6D,7D,10D,11D,14D,15D,18D,19D,20D,21D. The van der Waals surface area contributed by atoms with Crippen molar-refractivity contribution >= 4 is 21.9 Å². The molecule has 9 rings (SSSR count). The molecule has 2 aromatic heterocycles. The smallest absolute Gasteiger partial charge is 0.167 e. The second kappa shape index (κ2) is 12.2. The van der Waals surface area contributed by atoms with Crippen LogP contribution in [0.2, 0.25) is 0 Å². The van der Waals surface area contributed by atoms with Crippen LogP contribution >= 0.6 is 0 Å². The van der Waals surface area contributed by atoms with Gasteiger partial charge in [-0.3, -0.25) is 0 Å². The Hall–Kier alpha value is -6.65. The first-order valence-corrected chi connectivity index (χ1v) is 15.5. The largest absolute Gasteiger partial charge is 0.455 e.